The summed E-state index contributed by atoms with van der Waals surface area (Å²) in [6, 6.07) is 6.12. The molecule has 0 bridgehead atoms. The molecule has 1 unspecified atom stereocenters. The summed E-state index contributed by atoms with van der Waals surface area (Å²) >= 11 is 1.84. The highest BCUT2D eigenvalue weighted by molar-refractivity contribution is 7.98. The lowest BCUT2D eigenvalue weighted by atomic mass is 10.1. The zero-order valence-corrected chi connectivity index (χ0v) is 12.2. The number of phenolic OH excluding ortho intramolecular Hbond substituents is 1. The number of hydrogen-bond donors (Lipinski definition) is 2. The lowest BCUT2D eigenvalue weighted by molar-refractivity contribution is 0.316. The molecule has 0 spiro atoms. The molecule has 0 radical (unpaired) electrons. The van der Waals surface area contributed by atoms with E-state index in [-0.39, 0.29) is 5.75 Å². The summed E-state index contributed by atoms with van der Waals surface area (Å²) in [6.07, 6.45) is 3.20. The fraction of sp³-hybridized carbons (Fsp3) is 0.571. The number of rotatable bonds is 8. The van der Waals surface area contributed by atoms with Gasteiger partial charge in [0.2, 0.25) is 0 Å². The molecule has 0 aliphatic rings. The van der Waals surface area contributed by atoms with Crippen LogP contribution in [-0.4, -0.2) is 29.8 Å². The van der Waals surface area contributed by atoms with E-state index in [9.17, 15) is 5.11 Å². The molecule has 1 rings (SSSR count). The molecule has 3 nitrogen and oxygen atoms in total. The Kier molecular flexibility index (Phi) is 6.98. The van der Waals surface area contributed by atoms with Gasteiger partial charge in [-0.25, -0.2) is 0 Å². The first-order valence-corrected chi connectivity index (χ1v) is 7.78. The van der Waals surface area contributed by atoms with Crippen LogP contribution in [0.25, 0.3) is 0 Å². The third-order valence-corrected chi connectivity index (χ3v) is 3.56. The highest BCUT2D eigenvalue weighted by Crippen LogP contribution is 2.29. The van der Waals surface area contributed by atoms with Crippen molar-refractivity contribution >= 4 is 11.8 Å². The standard InChI is InChI=1S/C14H23NO2S/c1-4-12(10-18-3)15-9-11-7-6-8-13(14(11)16)17-5-2/h6-8,12,15-16H,4-5,9-10H2,1-3H3. The summed E-state index contributed by atoms with van der Waals surface area (Å²) in [5.41, 5.74) is 0.889. The molecule has 0 aliphatic heterocycles. The molecular weight excluding hydrogens is 246 g/mol. The zero-order valence-electron chi connectivity index (χ0n) is 11.4. The molecule has 1 aromatic rings. The Hall–Kier alpha value is -0.870. The molecule has 18 heavy (non-hydrogen) atoms. The molecule has 0 heterocycles. The van der Waals surface area contributed by atoms with Crippen LogP contribution in [0.5, 0.6) is 11.5 Å². The van der Waals surface area contributed by atoms with Crippen LogP contribution < -0.4 is 10.1 Å². The van der Waals surface area contributed by atoms with Gasteiger partial charge in [0.1, 0.15) is 0 Å². The lowest BCUT2D eigenvalue weighted by Crippen LogP contribution is -2.30. The number of phenols is 1. The van der Waals surface area contributed by atoms with E-state index in [1.807, 2.05) is 30.8 Å². The van der Waals surface area contributed by atoms with E-state index < -0.39 is 0 Å². The first kappa shape index (κ1) is 15.2. The van der Waals surface area contributed by atoms with Crippen molar-refractivity contribution in [3.05, 3.63) is 23.8 Å². The molecule has 2 N–H and O–H groups in total. The summed E-state index contributed by atoms with van der Waals surface area (Å²) in [6.45, 7) is 5.32. The van der Waals surface area contributed by atoms with Gasteiger partial charge in [-0.1, -0.05) is 19.1 Å². The molecule has 0 saturated carbocycles. The summed E-state index contributed by atoms with van der Waals surface area (Å²) in [4.78, 5) is 0. The summed E-state index contributed by atoms with van der Waals surface area (Å²) in [5.74, 6) is 1.91. The SMILES string of the molecule is CCOc1cccc(CNC(CC)CSC)c1O. The Balaban J connectivity index is 2.63. The van der Waals surface area contributed by atoms with Crippen molar-refractivity contribution in [3.63, 3.8) is 0 Å². The Morgan fingerprint density at radius 3 is 2.78 bits per heavy atom. The van der Waals surface area contributed by atoms with Gasteiger partial charge < -0.3 is 15.2 Å². The van der Waals surface area contributed by atoms with E-state index in [4.69, 9.17) is 4.74 Å². The van der Waals surface area contributed by atoms with Gasteiger partial charge in [-0.15, -0.1) is 0 Å². The highest BCUT2D eigenvalue weighted by atomic mass is 32.2. The van der Waals surface area contributed by atoms with Crippen molar-refractivity contribution in [2.45, 2.75) is 32.9 Å². The largest absolute Gasteiger partial charge is 0.504 e. The number of benzene rings is 1. The molecule has 0 saturated heterocycles. The van der Waals surface area contributed by atoms with Gasteiger partial charge in [0.15, 0.2) is 11.5 Å². The Labute approximate surface area is 114 Å². The molecule has 0 amide bonds. The van der Waals surface area contributed by atoms with E-state index in [1.165, 1.54) is 0 Å². The minimum atomic E-state index is 0.255. The maximum absolute atomic E-state index is 10.1. The van der Waals surface area contributed by atoms with Gasteiger partial charge in [-0.3, -0.25) is 0 Å². The Bertz CT molecular complexity index is 358. The second kappa shape index (κ2) is 8.27. The monoisotopic (exact) mass is 269 g/mol. The number of hydrogen-bond acceptors (Lipinski definition) is 4. The molecule has 1 aromatic carbocycles. The van der Waals surface area contributed by atoms with E-state index in [2.05, 4.69) is 18.5 Å². The molecule has 102 valence electrons. The van der Waals surface area contributed by atoms with Gasteiger partial charge in [-0.2, -0.15) is 11.8 Å². The maximum atomic E-state index is 10.1. The Morgan fingerprint density at radius 2 is 2.17 bits per heavy atom. The molecular formula is C14H23NO2S. The van der Waals surface area contributed by atoms with E-state index in [0.717, 1.165) is 17.7 Å². The van der Waals surface area contributed by atoms with Gasteiger partial charge in [0.05, 0.1) is 6.61 Å². The zero-order chi connectivity index (χ0) is 13.4. The highest BCUT2D eigenvalue weighted by Gasteiger charge is 2.10. The maximum Gasteiger partial charge on any atom is 0.162 e. The normalized spacial score (nSPS) is 12.4. The third-order valence-electron chi connectivity index (χ3n) is 2.82. The number of thioether (sulfide) groups is 1. The van der Waals surface area contributed by atoms with Gasteiger partial charge in [0.25, 0.3) is 0 Å². The molecule has 1 atom stereocenters. The first-order valence-electron chi connectivity index (χ1n) is 6.38. The van der Waals surface area contributed by atoms with Crippen LogP contribution in [0.2, 0.25) is 0 Å². The van der Waals surface area contributed by atoms with Crippen molar-refractivity contribution in [1.29, 1.82) is 0 Å². The first-order chi connectivity index (χ1) is 8.72. The van der Waals surface area contributed by atoms with Gasteiger partial charge in [-0.05, 0) is 25.7 Å². The van der Waals surface area contributed by atoms with Crippen LogP contribution in [0, 0.1) is 0 Å². The van der Waals surface area contributed by atoms with E-state index >= 15 is 0 Å². The van der Waals surface area contributed by atoms with Crippen LogP contribution >= 0.6 is 11.8 Å². The smallest absolute Gasteiger partial charge is 0.162 e. The van der Waals surface area contributed by atoms with Crippen LogP contribution in [0.1, 0.15) is 25.8 Å². The number of ether oxygens (including phenoxy) is 1. The molecule has 0 aliphatic carbocycles. The van der Waals surface area contributed by atoms with Crippen molar-refractivity contribution in [1.82, 2.24) is 5.32 Å². The topological polar surface area (TPSA) is 41.5 Å². The Morgan fingerprint density at radius 1 is 1.39 bits per heavy atom. The van der Waals surface area contributed by atoms with Gasteiger partial charge >= 0.3 is 0 Å². The number of aromatic hydroxyl groups is 1. The minimum absolute atomic E-state index is 0.255. The van der Waals surface area contributed by atoms with Crippen molar-refractivity contribution in [2.24, 2.45) is 0 Å². The molecule has 4 heteroatoms. The summed E-state index contributed by atoms with van der Waals surface area (Å²) < 4.78 is 5.38. The van der Waals surface area contributed by atoms with E-state index in [0.29, 0.717) is 24.9 Å². The average molecular weight is 269 g/mol. The summed E-state index contributed by atoms with van der Waals surface area (Å²) in [5, 5.41) is 13.5. The van der Waals surface area contributed by atoms with Crippen molar-refractivity contribution in [3.8, 4) is 11.5 Å². The van der Waals surface area contributed by atoms with Crippen LogP contribution in [0.3, 0.4) is 0 Å². The van der Waals surface area contributed by atoms with Gasteiger partial charge in [0, 0.05) is 23.9 Å². The number of nitrogens with one attached hydrogen (secondary N) is 1. The quantitative estimate of drug-likeness (QED) is 0.761. The molecule has 0 fully saturated rings. The van der Waals surface area contributed by atoms with E-state index in [1.54, 1.807) is 6.07 Å². The second-order valence-electron chi connectivity index (χ2n) is 4.14. The average Bonchev–Trinajstić information content (AvgIpc) is 2.38. The number of para-hydroxylation sites is 1. The van der Waals surface area contributed by atoms with Crippen LogP contribution in [0.4, 0.5) is 0 Å². The van der Waals surface area contributed by atoms with Crippen molar-refractivity contribution < 1.29 is 9.84 Å². The third kappa shape index (κ3) is 4.42. The summed E-state index contributed by atoms with van der Waals surface area (Å²) in [7, 11) is 0. The predicted molar refractivity (Wildman–Crippen MR) is 78.6 cm³/mol. The fourth-order valence-electron chi connectivity index (χ4n) is 1.76. The predicted octanol–water partition coefficient (Wildman–Crippen LogP) is 3.02. The minimum Gasteiger partial charge on any atom is -0.504 e. The van der Waals surface area contributed by atoms with Crippen LogP contribution in [-0.2, 0) is 6.54 Å². The fourth-order valence-corrected chi connectivity index (χ4v) is 2.51. The van der Waals surface area contributed by atoms with Crippen LogP contribution in [0.15, 0.2) is 18.2 Å². The lowest BCUT2D eigenvalue weighted by Gasteiger charge is -2.17. The van der Waals surface area contributed by atoms with Crippen molar-refractivity contribution in [2.75, 3.05) is 18.6 Å². The molecule has 0 aromatic heterocycles. The second-order valence-corrected chi connectivity index (χ2v) is 5.05.